The smallest absolute Gasteiger partial charge is 0.264 e. The normalized spacial score (nSPS) is 14.0. The predicted molar refractivity (Wildman–Crippen MR) is 84.5 cm³/mol. The Labute approximate surface area is 133 Å². The number of carbonyl (C=O) groups excluding carboxylic acids is 2. The number of nitrogens with one attached hydrogen (secondary N) is 3. The molecule has 1 fully saturated rings. The molecule has 0 aliphatic heterocycles. The molecule has 0 spiro atoms. The van der Waals surface area contributed by atoms with E-state index in [4.69, 9.17) is 12.2 Å². The fourth-order valence-electron chi connectivity index (χ4n) is 1.69. The summed E-state index contributed by atoms with van der Waals surface area (Å²) in [5.74, 6) is -0.724. The van der Waals surface area contributed by atoms with Gasteiger partial charge in [0.1, 0.15) is 0 Å². The zero-order chi connectivity index (χ0) is 16.3. The van der Waals surface area contributed by atoms with Crippen LogP contribution in [0.1, 0.15) is 19.8 Å². The number of amides is 2. The van der Waals surface area contributed by atoms with Crippen LogP contribution in [0.4, 0.5) is 5.69 Å². The highest BCUT2D eigenvalue weighted by atomic mass is 32.2. The maximum absolute atomic E-state index is 11.8. The van der Waals surface area contributed by atoms with E-state index in [0.717, 1.165) is 19.8 Å². The number of hydrogen-bond donors (Lipinski definition) is 3. The third-order valence-electron chi connectivity index (χ3n) is 2.89. The van der Waals surface area contributed by atoms with E-state index in [1.165, 1.54) is 24.3 Å². The van der Waals surface area contributed by atoms with Gasteiger partial charge in [-0.25, -0.2) is 13.1 Å². The van der Waals surface area contributed by atoms with Crippen molar-refractivity contribution in [2.75, 3.05) is 5.32 Å². The van der Waals surface area contributed by atoms with Gasteiger partial charge in [0.05, 0.1) is 4.90 Å². The van der Waals surface area contributed by atoms with E-state index in [2.05, 4.69) is 10.6 Å². The van der Waals surface area contributed by atoms with Crippen LogP contribution in [-0.2, 0) is 19.6 Å². The average molecular weight is 341 g/mol. The first-order valence-electron chi connectivity index (χ1n) is 6.53. The number of carbonyl (C=O) groups is 2. The number of sulfonamides is 1. The van der Waals surface area contributed by atoms with Crippen molar-refractivity contribution in [2.45, 2.75) is 24.7 Å². The molecule has 22 heavy (non-hydrogen) atoms. The van der Waals surface area contributed by atoms with Crippen LogP contribution >= 0.6 is 12.2 Å². The Hall–Kier alpha value is -2.00. The molecule has 0 unspecified atom stereocenters. The second-order valence-electron chi connectivity index (χ2n) is 4.90. The summed E-state index contributed by atoms with van der Waals surface area (Å²) in [4.78, 5) is 22.3. The van der Waals surface area contributed by atoms with Gasteiger partial charge in [-0.3, -0.25) is 9.59 Å². The first-order valence-corrected chi connectivity index (χ1v) is 8.42. The molecular weight excluding hydrogens is 326 g/mol. The number of anilines is 1. The number of hydrogen-bond acceptors (Lipinski definition) is 5. The molecule has 9 heteroatoms. The van der Waals surface area contributed by atoms with Crippen molar-refractivity contribution >= 4 is 44.9 Å². The van der Waals surface area contributed by atoms with Crippen LogP contribution in [0.3, 0.4) is 0 Å². The first-order chi connectivity index (χ1) is 10.3. The largest absolute Gasteiger partial charge is 0.332 e. The fraction of sp³-hybridized carbons (Fsp3) is 0.308. The molecular formula is C13H15N3O4S2. The van der Waals surface area contributed by atoms with Gasteiger partial charge in [0, 0.05) is 18.5 Å². The van der Waals surface area contributed by atoms with Crippen LogP contribution in [0.25, 0.3) is 0 Å². The minimum atomic E-state index is -3.86. The van der Waals surface area contributed by atoms with Crippen molar-refractivity contribution in [3.05, 3.63) is 24.3 Å². The minimum Gasteiger partial charge on any atom is -0.332 e. The third-order valence-corrected chi connectivity index (χ3v) is 4.54. The summed E-state index contributed by atoms with van der Waals surface area (Å²) in [5, 5.41) is 5.52. The van der Waals surface area contributed by atoms with Gasteiger partial charge < -0.3 is 10.6 Å². The molecule has 118 valence electrons. The van der Waals surface area contributed by atoms with Gasteiger partial charge in [0.2, 0.25) is 11.8 Å². The third kappa shape index (κ3) is 4.50. The van der Waals surface area contributed by atoms with E-state index < -0.39 is 15.9 Å². The lowest BCUT2D eigenvalue weighted by molar-refractivity contribution is -0.121. The van der Waals surface area contributed by atoms with Gasteiger partial charge in [-0.1, -0.05) is 0 Å². The van der Waals surface area contributed by atoms with E-state index in [9.17, 15) is 18.0 Å². The molecule has 0 atom stereocenters. The summed E-state index contributed by atoms with van der Waals surface area (Å²) in [6, 6.07) is 5.65. The lowest BCUT2D eigenvalue weighted by atomic mass is 10.3. The van der Waals surface area contributed by atoms with Crippen molar-refractivity contribution < 1.29 is 18.0 Å². The predicted octanol–water partition coefficient (Wildman–Crippen LogP) is 0.734. The zero-order valence-electron chi connectivity index (χ0n) is 11.8. The van der Waals surface area contributed by atoms with Crippen LogP contribution < -0.4 is 15.4 Å². The highest BCUT2D eigenvalue weighted by Gasteiger charge is 2.30. The van der Waals surface area contributed by atoms with Gasteiger partial charge in [-0.15, -0.1) is 0 Å². The van der Waals surface area contributed by atoms with Crippen LogP contribution in [-0.4, -0.2) is 25.3 Å². The second-order valence-corrected chi connectivity index (χ2v) is 6.99. The minimum absolute atomic E-state index is 0.0406. The van der Waals surface area contributed by atoms with Crippen molar-refractivity contribution in [2.24, 2.45) is 5.92 Å². The van der Waals surface area contributed by atoms with E-state index in [1.54, 1.807) is 0 Å². The molecule has 1 saturated carbocycles. The summed E-state index contributed by atoms with van der Waals surface area (Å²) >= 11 is 5.00. The van der Waals surface area contributed by atoms with Crippen molar-refractivity contribution in [1.29, 1.82) is 0 Å². The molecule has 0 radical (unpaired) electrons. The SMILES string of the molecule is CC(=O)NS(=O)(=O)c1ccc(NC(=S)NC(=O)C2CC2)cc1. The molecule has 0 bridgehead atoms. The highest BCUT2D eigenvalue weighted by molar-refractivity contribution is 7.90. The average Bonchev–Trinajstić information content (AvgIpc) is 3.21. The maximum Gasteiger partial charge on any atom is 0.264 e. The molecule has 1 aromatic rings. The molecule has 2 amide bonds. The summed E-state index contributed by atoms with van der Waals surface area (Å²) in [5.41, 5.74) is 0.530. The van der Waals surface area contributed by atoms with Crippen LogP contribution in [0.15, 0.2) is 29.2 Å². The summed E-state index contributed by atoms with van der Waals surface area (Å²) in [6.07, 6.45) is 1.76. The molecule has 7 nitrogen and oxygen atoms in total. The fourth-order valence-corrected chi connectivity index (χ4v) is 2.90. The van der Waals surface area contributed by atoms with Gasteiger partial charge in [0.25, 0.3) is 10.0 Å². The Bertz CT molecular complexity index is 709. The van der Waals surface area contributed by atoms with E-state index in [1.807, 2.05) is 4.72 Å². The summed E-state index contributed by atoms with van der Waals surface area (Å²) < 4.78 is 25.4. The zero-order valence-corrected chi connectivity index (χ0v) is 13.4. The first kappa shape index (κ1) is 16.4. The van der Waals surface area contributed by atoms with Gasteiger partial charge in [-0.2, -0.15) is 0 Å². The molecule has 0 heterocycles. The Kier molecular flexibility index (Phi) is 4.77. The van der Waals surface area contributed by atoms with Gasteiger partial charge in [0.15, 0.2) is 5.11 Å². The molecule has 0 saturated heterocycles. The Morgan fingerprint density at radius 3 is 2.27 bits per heavy atom. The molecule has 1 aliphatic rings. The topological polar surface area (TPSA) is 104 Å². The van der Waals surface area contributed by atoms with Crippen molar-refractivity contribution in [3.8, 4) is 0 Å². The molecule has 3 N–H and O–H groups in total. The lowest BCUT2D eigenvalue weighted by Crippen LogP contribution is -2.35. The van der Waals surface area contributed by atoms with Crippen molar-refractivity contribution in [3.63, 3.8) is 0 Å². The number of rotatable bonds is 4. The summed E-state index contributed by atoms with van der Waals surface area (Å²) in [6.45, 7) is 1.12. The van der Waals surface area contributed by atoms with Crippen LogP contribution in [0.2, 0.25) is 0 Å². The van der Waals surface area contributed by atoms with Gasteiger partial charge >= 0.3 is 0 Å². The summed E-state index contributed by atoms with van der Waals surface area (Å²) in [7, 11) is -3.86. The van der Waals surface area contributed by atoms with Crippen LogP contribution in [0.5, 0.6) is 0 Å². The molecule has 2 rings (SSSR count). The van der Waals surface area contributed by atoms with Crippen molar-refractivity contribution in [1.82, 2.24) is 10.0 Å². The molecule has 0 aromatic heterocycles. The second kappa shape index (κ2) is 6.41. The monoisotopic (exact) mass is 341 g/mol. The highest BCUT2D eigenvalue weighted by Crippen LogP contribution is 2.28. The lowest BCUT2D eigenvalue weighted by Gasteiger charge is -2.10. The molecule has 1 aliphatic carbocycles. The van der Waals surface area contributed by atoms with Crippen LogP contribution in [0, 0.1) is 5.92 Å². The van der Waals surface area contributed by atoms with E-state index in [0.29, 0.717) is 5.69 Å². The standard InChI is InChI=1S/C13H15N3O4S2/c1-8(17)16-22(19,20)11-6-4-10(5-7-11)14-13(21)15-12(18)9-2-3-9/h4-7,9H,2-3H2,1H3,(H,16,17)(H2,14,15,18,21). The Balaban J connectivity index is 1.98. The number of benzene rings is 1. The van der Waals surface area contributed by atoms with Gasteiger partial charge in [-0.05, 0) is 49.3 Å². The maximum atomic E-state index is 11.8. The Morgan fingerprint density at radius 2 is 1.77 bits per heavy atom. The van der Waals surface area contributed by atoms with E-state index >= 15 is 0 Å². The quantitative estimate of drug-likeness (QED) is 0.698. The molecule has 1 aromatic carbocycles. The van der Waals surface area contributed by atoms with E-state index in [-0.39, 0.29) is 21.8 Å². The number of thiocarbonyl (C=S) groups is 1. The Morgan fingerprint density at radius 1 is 1.18 bits per heavy atom.